The van der Waals surface area contributed by atoms with Crippen molar-refractivity contribution in [3.05, 3.63) is 87.0 Å². The number of halogens is 2. The largest absolute Gasteiger partial charge is 0.348 e. The predicted molar refractivity (Wildman–Crippen MR) is 102 cm³/mol. The second-order valence-electron chi connectivity index (χ2n) is 6.06. The lowest BCUT2D eigenvalue weighted by Crippen LogP contribution is -2.27. The van der Waals surface area contributed by atoms with Crippen molar-refractivity contribution < 1.29 is 9.18 Å². The number of aromatic amines is 1. The van der Waals surface area contributed by atoms with Gasteiger partial charge in [-0.15, -0.1) is 0 Å². The number of H-pyrrole nitrogens is 1. The van der Waals surface area contributed by atoms with Crippen LogP contribution in [0, 0.1) is 5.82 Å². The Labute approximate surface area is 157 Å². The van der Waals surface area contributed by atoms with Gasteiger partial charge in [0.15, 0.2) is 0 Å². The van der Waals surface area contributed by atoms with E-state index in [1.54, 1.807) is 12.1 Å². The standard InChI is InChI=1S/C20H13ClFN3O2/c21-18-15(8-12-5-6-14(22)9-17(12)24-18)20(27)23-10-13-7-11-3-1-2-4-16(11)25-19(13)26/h1-9H,10H2,(H,23,27)(H,25,26). The van der Waals surface area contributed by atoms with Gasteiger partial charge in [0.2, 0.25) is 0 Å². The summed E-state index contributed by atoms with van der Waals surface area (Å²) in [6.45, 7) is 0.0385. The third kappa shape index (κ3) is 3.39. The van der Waals surface area contributed by atoms with Crippen LogP contribution >= 0.6 is 11.6 Å². The van der Waals surface area contributed by atoms with Crippen molar-refractivity contribution in [2.45, 2.75) is 6.54 Å². The molecular weight excluding hydrogens is 369 g/mol. The van der Waals surface area contributed by atoms with Crippen molar-refractivity contribution in [1.29, 1.82) is 0 Å². The third-order valence-electron chi connectivity index (χ3n) is 4.25. The van der Waals surface area contributed by atoms with Gasteiger partial charge in [0.05, 0.1) is 11.1 Å². The van der Waals surface area contributed by atoms with E-state index in [4.69, 9.17) is 11.6 Å². The summed E-state index contributed by atoms with van der Waals surface area (Å²) < 4.78 is 13.3. The fourth-order valence-electron chi connectivity index (χ4n) is 2.87. The highest BCUT2D eigenvalue weighted by atomic mass is 35.5. The second kappa shape index (κ2) is 6.81. The molecule has 0 unspecified atom stereocenters. The minimum Gasteiger partial charge on any atom is -0.348 e. The first-order valence-electron chi connectivity index (χ1n) is 8.16. The van der Waals surface area contributed by atoms with Gasteiger partial charge in [-0.3, -0.25) is 9.59 Å². The molecule has 2 aromatic heterocycles. The van der Waals surface area contributed by atoms with Crippen LogP contribution in [0.5, 0.6) is 0 Å². The zero-order chi connectivity index (χ0) is 19.0. The van der Waals surface area contributed by atoms with Gasteiger partial charge in [0, 0.05) is 29.1 Å². The van der Waals surface area contributed by atoms with E-state index in [-0.39, 0.29) is 22.8 Å². The van der Waals surface area contributed by atoms with Crippen molar-refractivity contribution in [2.75, 3.05) is 0 Å². The summed E-state index contributed by atoms with van der Waals surface area (Å²) in [7, 11) is 0. The molecule has 1 amide bonds. The monoisotopic (exact) mass is 381 g/mol. The van der Waals surface area contributed by atoms with Gasteiger partial charge in [-0.05, 0) is 35.7 Å². The van der Waals surface area contributed by atoms with Crippen molar-refractivity contribution in [3.8, 4) is 0 Å². The summed E-state index contributed by atoms with van der Waals surface area (Å²) in [4.78, 5) is 31.5. The van der Waals surface area contributed by atoms with Crippen LogP contribution in [-0.4, -0.2) is 15.9 Å². The third-order valence-corrected chi connectivity index (χ3v) is 4.54. The number of hydrogen-bond donors (Lipinski definition) is 2. The fraction of sp³-hybridized carbons (Fsp3) is 0.0500. The Morgan fingerprint density at radius 3 is 2.78 bits per heavy atom. The summed E-state index contributed by atoms with van der Waals surface area (Å²) in [5.74, 6) is -0.898. The van der Waals surface area contributed by atoms with Crippen LogP contribution in [0.2, 0.25) is 5.15 Å². The van der Waals surface area contributed by atoms with E-state index in [2.05, 4.69) is 15.3 Å². The molecule has 5 nitrogen and oxygen atoms in total. The minimum atomic E-state index is -0.466. The van der Waals surface area contributed by atoms with E-state index in [9.17, 15) is 14.0 Å². The Morgan fingerprint density at radius 2 is 1.93 bits per heavy atom. The maximum absolute atomic E-state index is 13.3. The number of benzene rings is 2. The maximum atomic E-state index is 13.3. The van der Waals surface area contributed by atoms with Gasteiger partial charge in [0.1, 0.15) is 11.0 Å². The van der Waals surface area contributed by atoms with Crippen LogP contribution in [0.15, 0.2) is 59.4 Å². The first-order valence-corrected chi connectivity index (χ1v) is 8.54. The van der Waals surface area contributed by atoms with E-state index >= 15 is 0 Å². The van der Waals surface area contributed by atoms with E-state index < -0.39 is 11.7 Å². The predicted octanol–water partition coefficient (Wildman–Crippen LogP) is 3.80. The molecule has 0 spiro atoms. The number of fused-ring (bicyclic) bond motifs is 2. The van der Waals surface area contributed by atoms with Gasteiger partial charge in [-0.2, -0.15) is 0 Å². The average molecular weight is 382 g/mol. The molecule has 0 aliphatic carbocycles. The smallest absolute Gasteiger partial charge is 0.254 e. The zero-order valence-electron chi connectivity index (χ0n) is 13.9. The van der Waals surface area contributed by atoms with E-state index in [1.165, 1.54) is 18.2 Å². The summed E-state index contributed by atoms with van der Waals surface area (Å²) in [6.07, 6.45) is 0. The van der Waals surface area contributed by atoms with E-state index in [0.29, 0.717) is 16.5 Å². The van der Waals surface area contributed by atoms with Gasteiger partial charge in [-0.25, -0.2) is 9.37 Å². The summed E-state index contributed by atoms with van der Waals surface area (Å²) in [5.41, 5.74) is 1.41. The number of hydrogen-bond acceptors (Lipinski definition) is 3. The lowest BCUT2D eigenvalue weighted by molar-refractivity contribution is 0.0951. The molecule has 134 valence electrons. The maximum Gasteiger partial charge on any atom is 0.254 e. The number of para-hydroxylation sites is 1. The molecule has 4 rings (SSSR count). The molecule has 0 saturated heterocycles. The molecule has 2 aromatic carbocycles. The molecule has 4 aromatic rings. The molecule has 0 fully saturated rings. The van der Waals surface area contributed by atoms with Crippen molar-refractivity contribution in [1.82, 2.24) is 15.3 Å². The van der Waals surface area contributed by atoms with Crippen molar-refractivity contribution >= 4 is 39.3 Å². The Kier molecular flexibility index (Phi) is 4.33. The molecule has 0 saturated carbocycles. The molecule has 0 bridgehead atoms. The van der Waals surface area contributed by atoms with Gasteiger partial charge >= 0.3 is 0 Å². The molecule has 2 N–H and O–H groups in total. The fourth-order valence-corrected chi connectivity index (χ4v) is 3.10. The Balaban J connectivity index is 1.60. The molecular formula is C20H13ClFN3O2. The number of rotatable bonds is 3. The highest BCUT2D eigenvalue weighted by Gasteiger charge is 2.14. The van der Waals surface area contributed by atoms with Crippen molar-refractivity contribution in [2.24, 2.45) is 0 Å². The molecule has 7 heteroatoms. The Morgan fingerprint density at radius 1 is 1.11 bits per heavy atom. The van der Waals surface area contributed by atoms with Crippen LogP contribution < -0.4 is 10.9 Å². The number of pyridine rings is 2. The Hall–Kier alpha value is -3.25. The number of nitrogens with one attached hydrogen (secondary N) is 2. The second-order valence-corrected chi connectivity index (χ2v) is 6.42. The number of aromatic nitrogens is 2. The highest BCUT2D eigenvalue weighted by Crippen LogP contribution is 2.21. The lowest BCUT2D eigenvalue weighted by atomic mass is 10.1. The lowest BCUT2D eigenvalue weighted by Gasteiger charge is -2.08. The topological polar surface area (TPSA) is 74.8 Å². The molecule has 0 aliphatic rings. The van der Waals surface area contributed by atoms with Crippen LogP contribution in [0.1, 0.15) is 15.9 Å². The number of amides is 1. The molecule has 27 heavy (non-hydrogen) atoms. The normalized spacial score (nSPS) is 11.0. The summed E-state index contributed by atoms with van der Waals surface area (Å²) in [5, 5.41) is 4.11. The van der Waals surface area contributed by atoms with Crippen molar-refractivity contribution in [3.63, 3.8) is 0 Å². The molecule has 2 heterocycles. The SMILES string of the molecule is O=C(NCc1cc2ccccc2[nH]c1=O)c1cc2ccc(F)cc2nc1Cl. The molecule has 0 atom stereocenters. The quantitative estimate of drug-likeness (QED) is 0.530. The number of carbonyl (C=O) groups excluding carboxylic acids is 1. The minimum absolute atomic E-state index is 0.0296. The van der Waals surface area contributed by atoms with Crippen LogP contribution in [0.3, 0.4) is 0 Å². The average Bonchev–Trinajstić information content (AvgIpc) is 2.65. The van der Waals surface area contributed by atoms with E-state index in [0.717, 1.165) is 10.9 Å². The first-order chi connectivity index (χ1) is 13.0. The van der Waals surface area contributed by atoms with Crippen LogP contribution in [0.25, 0.3) is 21.8 Å². The number of carbonyl (C=O) groups is 1. The summed E-state index contributed by atoms with van der Waals surface area (Å²) >= 11 is 6.08. The zero-order valence-corrected chi connectivity index (χ0v) is 14.7. The molecule has 0 aliphatic heterocycles. The number of nitrogens with zero attached hydrogens (tertiary/aromatic N) is 1. The Bertz CT molecular complexity index is 1250. The molecule has 0 radical (unpaired) electrons. The van der Waals surface area contributed by atoms with Gasteiger partial charge in [-0.1, -0.05) is 29.8 Å². The van der Waals surface area contributed by atoms with E-state index in [1.807, 2.05) is 24.3 Å². The summed E-state index contributed by atoms with van der Waals surface area (Å²) in [6, 6.07) is 14.7. The van der Waals surface area contributed by atoms with Gasteiger partial charge < -0.3 is 10.3 Å². The highest BCUT2D eigenvalue weighted by molar-refractivity contribution is 6.33. The first kappa shape index (κ1) is 17.2. The van der Waals surface area contributed by atoms with Crippen LogP contribution in [0.4, 0.5) is 4.39 Å². The van der Waals surface area contributed by atoms with Crippen LogP contribution in [-0.2, 0) is 6.54 Å². The van der Waals surface area contributed by atoms with Gasteiger partial charge in [0.25, 0.3) is 11.5 Å².